The molecule has 4 rings (SSSR count). The molecule has 0 aromatic heterocycles. The molecule has 3 atom stereocenters. The number of ether oxygens (including phenoxy) is 2. The van der Waals surface area contributed by atoms with E-state index in [1.807, 2.05) is 0 Å². The summed E-state index contributed by atoms with van der Waals surface area (Å²) >= 11 is 0. The van der Waals surface area contributed by atoms with Gasteiger partial charge in [-0.2, -0.15) is 0 Å². The second kappa shape index (κ2) is 12.8. The highest BCUT2D eigenvalue weighted by Crippen LogP contribution is 2.42. The predicted octanol–water partition coefficient (Wildman–Crippen LogP) is 9.96. The average Bonchev–Trinajstić information content (AvgIpc) is 2.81. The molecule has 0 aliphatic carbocycles. The van der Waals surface area contributed by atoms with Crippen LogP contribution in [0.2, 0.25) is 0 Å². The Hall–Kier alpha value is -2.52. The highest BCUT2D eigenvalue weighted by Gasteiger charge is 2.32. The van der Waals surface area contributed by atoms with E-state index in [-0.39, 0.29) is 12.1 Å². The number of hydrogen-bond acceptors (Lipinski definition) is 3. The van der Waals surface area contributed by atoms with Gasteiger partial charge in [0.1, 0.15) is 0 Å². The molecule has 0 fully saturated rings. The van der Waals surface area contributed by atoms with E-state index in [0.717, 1.165) is 31.4 Å². The second-order valence-corrected chi connectivity index (χ2v) is 13.5. The quantitative estimate of drug-likeness (QED) is 0.332. The summed E-state index contributed by atoms with van der Waals surface area (Å²) in [5.41, 5.74) is 9.04. The molecule has 2 aliphatic rings. The molecule has 0 saturated heterocycles. The van der Waals surface area contributed by atoms with Crippen LogP contribution in [0, 0.1) is 30.6 Å². The summed E-state index contributed by atoms with van der Waals surface area (Å²) in [6, 6.07) is 11.4. The lowest BCUT2D eigenvalue weighted by atomic mass is 9.86. The van der Waals surface area contributed by atoms with Gasteiger partial charge in [0.15, 0.2) is 0 Å². The highest BCUT2D eigenvalue weighted by atomic mass is 16.7. The van der Waals surface area contributed by atoms with Gasteiger partial charge < -0.3 is 14.8 Å². The third kappa shape index (κ3) is 7.57. The minimum atomic E-state index is -0.402. The van der Waals surface area contributed by atoms with E-state index < -0.39 is 6.29 Å². The lowest BCUT2D eigenvalue weighted by Gasteiger charge is -2.36. The number of anilines is 1. The topological polar surface area (TPSA) is 30.5 Å². The number of nitrogens with one attached hydrogen (secondary N) is 1. The molecular formula is C36H51NO2. The van der Waals surface area contributed by atoms with Gasteiger partial charge in [0.05, 0.1) is 17.9 Å². The van der Waals surface area contributed by atoms with Gasteiger partial charge in [-0.1, -0.05) is 97.4 Å². The minimum absolute atomic E-state index is 0.0582. The Balaban J connectivity index is 1.78. The molecule has 0 radical (unpaired) electrons. The molecule has 212 valence electrons. The Morgan fingerprint density at radius 3 is 2.18 bits per heavy atom. The third-order valence-corrected chi connectivity index (χ3v) is 7.47. The lowest BCUT2D eigenvalue weighted by Crippen LogP contribution is -2.28. The summed E-state index contributed by atoms with van der Waals surface area (Å²) < 4.78 is 13.5. The van der Waals surface area contributed by atoms with E-state index in [0.29, 0.717) is 23.7 Å². The fraction of sp³-hybridized carbons (Fsp3) is 0.556. The Labute approximate surface area is 238 Å². The van der Waals surface area contributed by atoms with E-state index in [2.05, 4.69) is 116 Å². The van der Waals surface area contributed by atoms with Crippen LogP contribution in [0.4, 0.5) is 5.69 Å². The van der Waals surface area contributed by atoms with Crippen LogP contribution in [0.5, 0.6) is 0 Å². The summed E-state index contributed by atoms with van der Waals surface area (Å²) in [5, 5.41) is 3.89. The maximum absolute atomic E-state index is 6.77. The fourth-order valence-corrected chi connectivity index (χ4v) is 6.04. The molecule has 39 heavy (non-hydrogen) atoms. The van der Waals surface area contributed by atoms with Crippen molar-refractivity contribution in [1.29, 1.82) is 0 Å². The van der Waals surface area contributed by atoms with Crippen molar-refractivity contribution in [3.8, 4) is 0 Å². The molecule has 3 heteroatoms. The van der Waals surface area contributed by atoms with Crippen LogP contribution in [0.3, 0.4) is 0 Å². The number of aryl methyl sites for hydroxylation is 1. The van der Waals surface area contributed by atoms with E-state index in [1.54, 1.807) is 0 Å². The monoisotopic (exact) mass is 529 g/mol. The first-order valence-corrected chi connectivity index (χ1v) is 15.2. The number of hydrogen-bond donors (Lipinski definition) is 1. The molecule has 0 saturated carbocycles. The molecule has 0 spiro atoms. The number of allylic oxidation sites excluding steroid dienone is 1. The van der Waals surface area contributed by atoms with Gasteiger partial charge >= 0.3 is 0 Å². The molecule has 2 heterocycles. The number of benzene rings is 2. The Morgan fingerprint density at radius 1 is 0.821 bits per heavy atom. The van der Waals surface area contributed by atoms with Crippen molar-refractivity contribution in [3.05, 3.63) is 81.6 Å². The van der Waals surface area contributed by atoms with Gasteiger partial charge in [0.2, 0.25) is 6.29 Å². The minimum Gasteiger partial charge on any atom is -0.465 e. The molecule has 1 N–H and O–H groups in total. The first-order valence-electron chi connectivity index (χ1n) is 15.2. The largest absolute Gasteiger partial charge is 0.465 e. The van der Waals surface area contributed by atoms with Gasteiger partial charge in [0, 0.05) is 23.2 Å². The van der Waals surface area contributed by atoms with Gasteiger partial charge in [-0.15, -0.1) is 0 Å². The van der Waals surface area contributed by atoms with Crippen molar-refractivity contribution in [3.63, 3.8) is 0 Å². The van der Waals surface area contributed by atoms with Crippen LogP contribution in [-0.2, 0) is 22.3 Å². The zero-order chi connectivity index (χ0) is 28.3. The zero-order valence-corrected chi connectivity index (χ0v) is 25.8. The maximum atomic E-state index is 6.77. The van der Waals surface area contributed by atoms with Gasteiger partial charge in [0.25, 0.3) is 0 Å². The van der Waals surface area contributed by atoms with E-state index >= 15 is 0 Å². The summed E-state index contributed by atoms with van der Waals surface area (Å²) in [6.45, 7) is 20.4. The van der Waals surface area contributed by atoms with Crippen molar-refractivity contribution in [2.75, 3.05) is 5.32 Å². The maximum Gasteiger partial charge on any atom is 0.227 e. The lowest BCUT2D eigenvalue weighted by molar-refractivity contribution is -0.165. The summed E-state index contributed by atoms with van der Waals surface area (Å²) in [4.78, 5) is 0. The summed E-state index contributed by atoms with van der Waals surface area (Å²) in [7, 11) is 0. The van der Waals surface area contributed by atoms with Crippen molar-refractivity contribution >= 4 is 11.8 Å². The Morgan fingerprint density at radius 2 is 1.51 bits per heavy atom. The van der Waals surface area contributed by atoms with Gasteiger partial charge in [-0.3, -0.25) is 0 Å². The molecule has 3 nitrogen and oxygen atoms in total. The molecule has 0 amide bonds. The fourth-order valence-electron chi connectivity index (χ4n) is 6.04. The van der Waals surface area contributed by atoms with Crippen molar-refractivity contribution in [2.45, 2.75) is 106 Å². The van der Waals surface area contributed by atoms with E-state index in [9.17, 15) is 0 Å². The Kier molecular flexibility index (Phi) is 9.64. The average molecular weight is 530 g/mol. The molecule has 2 aromatic rings. The number of fused-ring (bicyclic) bond motifs is 1. The summed E-state index contributed by atoms with van der Waals surface area (Å²) in [6.07, 6.45) is 10.6. The van der Waals surface area contributed by atoms with Crippen LogP contribution in [0.1, 0.15) is 114 Å². The smallest absolute Gasteiger partial charge is 0.227 e. The van der Waals surface area contributed by atoms with E-state index in [4.69, 9.17) is 9.47 Å². The van der Waals surface area contributed by atoms with E-state index in [1.165, 1.54) is 39.1 Å². The summed E-state index contributed by atoms with van der Waals surface area (Å²) in [5.74, 6) is 3.31. The first-order chi connectivity index (χ1) is 18.5. The molecule has 2 aromatic carbocycles. The van der Waals surface area contributed by atoms with Crippen molar-refractivity contribution in [2.24, 2.45) is 23.7 Å². The molecule has 2 unspecified atom stereocenters. The molecule has 2 aliphatic heterocycles. The van der Waals surface area contributed by atoms with Crippen LogP contribution in [-0.4, -0.2) is 6.10 Å². The van der Waals surface area contributed by atoms with Crippen LogP contribution in [0.15, 0.2) is 48.2 Å². The third-order valence-electron chi connectivity index (χ3n) is 7.47. The van der Waals surface area contributed by atoms with Gasteiger partial charge in [-0.05, 0) is 78.7 Å². The normalized spacial score (nSPS) is 20.8. The van der Waals surface area contributed by atoms with Crippen LogP contribution < -0.4 is 5.32 Å². The Bertz CT molecular complexity index is 1190. The second-order valence-electron chi connectivity index (χ2n) is 13.5. The van der Waals surface area contributed by atoms with Crippen LogP contribution in [0.25, 0.3) is 6.08 Å². The van der Waals surface area contributed by atoms with Gasteiger partial charge in [-0.25, -0.2) is 0 Å². The first kappa shape index (κ1) is 29.5. The van der Waals surface area contributed by atoms with Crippen LogP contribution >= 0.6 is 0 Å². The van der Waals surface area contributed by atoms with Crippen molar-refractivity contribution < 1.29 is 9.47 Å². The molecule has 0 bridgehead atoms. The molecular weight excluding hydrogens is 478 g/mol. The number of rotatable bonds is 10. The van der Waals surface area contributed by atoms with Crippen molar-refractivity contribution in [1.82, 2.24) is 0 Å². The zero-order valence-electron chi connectivity index (χ0n) is 25.8. The predicted molar refractivity (Wildman–Crippen MR) is 166 cm³/mol. The SMILES string of the molecule is Cc1cc(CC(C)C)c([C@H]2OC(CC(C)C)=CC(CC(C)C)O2)c(C2C=Cc3c(CC(C)C)cccc3N2)c1. The standard InChI is InChI=1S/C36H51NO2/c1-22(2)15-27-11-10-12-33-31(27)13-14-34(37-33)32-20-26(9)19-28(16-23(3)4)35(32)36-38-29(17-24(5)6)21-30(39-36)18-25(7)8/h10-14,19-25,29,34,36-37H,15-18H2,1-9H3/t29?,34?,36-/m1/s1. The highest BCUT2D eigenvalue weighted by molar-refractivity contribution is 5.74.